The molecule has 2 aromatic heterocycles. The minimum atomic E-state index is 0.325. The van der Waals surface area contributed by atoms with Crippen molar-refractivity contribution >= 4 is 11.0 Å². The van der Waals surface area contributed by atoms with Crippen molar-refractivity contribution in [2.24, 2.45) is 0 Å². The second-order valence-corrected chi connectivity index (χ2v) is 7.38. The van der Waals surface area contributed by atoms with Crippen molar-refractivity contribution in [3.8, 4) is 0 Å². The molecule has 3 heterocycles. The van der Waals surface area contributed by atoms with Gasteiger partial charge in [0.05, 0.1) is 0 Å². The van der Waals surface area contributed by atoms with Crippen molar-refractivity contribution in [1.29, 1.82) is 0 Å². The molecule has 1 N–H and O–H groups in total. The van der Waals surface area contributed by atoms with Crippen LogP contribution in [0.15, 0.2) is 73.0 Å². The van der Waals surface area contributed by atoms with Gasteiger partial charge in [0.2, 0.25) is 0 Å². The Balaban J connectivity index is 1.65. The minimum absolute atomic E-state index is 0.325. The highest BCUT2D eigenvalue weighted by molar-refractivity contribution is 5.77. The van der Waals surface area contributed by atoms with E-state index in [1.54, 1.807) is 0 Å². The first-order chi connectivity index (χ1) is 13.7. The van der Waals surface area contributed by atoms with E-state index in [-0.39, 0.29) is 0 Å². The Hall–Kier alpha value is -2.98. The van der Waals surface area contributed by atoms with E-state index in [4.69, 9.17) is 0 Å². The van der Waals surface area contributed by atoms with Crippen LogP contribution < -0.4 is 0 Å². The van der Waals surface area contributed by atoms with Gasteiger partial charge < -0.3 is 0 Å². The van der Waals surface area contributed by atoms with Gasteiger partial charge in [0, 0.05) is 42.8 Å². The predicted octanol–water partition coefficient (Wildman–Crippen LogP) is 5.05. The largest absolute Gasteiger partial charge is 0.294 e. The van der Waals surface area contributed by atoms with Gasteiger partial charge >= 0.3 is 0 Å². The first-order valence-electron chi connectivity index (χ1n) is 9.74. The third-order valence-electron chi connectivity index (χ3n) is 5.45. The normalized spacial score (nSPS) is 17.9. The molecule has 0 saturated heterocycles. The van der Waals surface area contributed by atoms with Gasteiger partial charge in [-0.2, -0.15) is 5.10 Å². The average molecular weight is 371 g/mol. The van der Waals surface area contributed by atoms with Crippen LogP contribution in [-0.4, -0.2) is 26.6 Å². The number of aromatic amines is 1. The van der Waals surface area contributed by atoms with E-state index in [0.717, 1.165) is 36.4 Å². The molecular weight excluding hydrogens is 344 g/mol. The molecule has 4 nitrogen and oxygen atoms in total. The molecule has 1 unspecified atom stereocenters. The lowest BCUT2D eigenvalue weighted by Gasteiger charge is -2.35. The van der Waals surface area contributed by atoms with E-state index in [2.05, 4.69) is 75.2 Å². The maximum atomic E-state index is 4.52. The summed E-state index contributed by atoms with van der Waals surface area (Å²) >= 11 is 0. The van der Waals surface area contributed by atoms with E-state index in [9.17, 15) is 0 Å². The first-order valence-corrected chi connectivity index (χ1v) is 9.74. The van der Waals surface area contributed by atoms with Gasteiger partial charge in [-0.1, -0.05) is 55.1 Å². The van der Waals surface area contributed by atoms with Crippen LogP contribution >= 0.6 is 0 Å². The standard InChI is InChI=1S/C24H26N4/c1-4-6-9-19(5-2)23-16-28(15-20-10-7-8-11-21(20)23)14-18-12-22-17(3)26-27-24(22)25-13-18/h4-13,23H,2,14-16H2,1,3H3,(H,25,26,27)/b6-4-,19-9+. The molecule has 0 saturated carbocycles. The highest BCUT2D eigenvalue weighted by atomic mass is 15.2. The molecular formula is C24H26N4. The maximum absolute atomic E-state index is 4.52. The fourth-order valence-corrected chi connectivity index (χ4v) is 4.03. The average Bonchev–Trinajstić information content (AvgIpc) is 3.09. The van der Waals surface area contributed by atoms with E-state index in [1.165, 1.54) is 22.3 Å². The van der Waals surface area contributed by atoms with Crippen LogP contribution in [0.4, 0.5) is 0 Å². The summed E-state index contributed by atoms with van der Waals surface area (Å²) < 4.78 is 0. The van der Waals surface area contributed by atoms with Crippen LogP contribution in [0.25, 0.3) is 11.0 Å². The van der Waals surface area contributed by atoms with Crippen LogP contribution in [0.3, 0.4) is 0 Å². The summed E-state index contributed by atoms with van der Waals surface area (Å²) in [5, 5.41) is 8.36. The zero-order chi connectivity index (χ0) is 19.5. The Kier molecular flexibility index (Phi) is 5.22. The fourth-order valence-electron chi connectivity index (χ4n) is 4.03. The second kappa shape index (κ2) is 7.95. The van der Waals surface area contributed by atoms with Crippen molar-refractivity contribution in [3.05, 3.63) is 95.4 Å². The highest BCUT2D eigenvalue weighted by Crippen LogP contribution is 2.34. The van der Waals surface area contributed by atoms with Crippen molar-refractivity contribution < 1.29 is 0 Å². The molecule has 1 aromatic carbocycles. The molecule has 4 rings (SSSR count). The van der Waals surface area contributed by atoms with Gasteiger partial charge in [-0.3, -0.25) is 10.00 Å². The Labute approximate surface area is 166 Å². The number of pyridine rings is 1. The highest BCUT2D eigenvalue weighted by Gasteiger charge is 2.26. The number of nitrogens with one attached hydrogen (secondary N) is 1. The molecule has 1 atom stereocenters. The summed E-state index contributed by atoms with van der Waals surface area (Å²) in [6.07, 6.45) is 10.3. The van der Waals surface area contributed by atoms with Crippen LogP contribution in [0.2, 0.25) is 0 Å². The minimum Gasteiger partial charge on any atom is -0.294 e. The molecule has 0 spiro atoms. The number of fused-ring (bicyclic) bond motifs is 2. The summed E-state index contributed by atoms with van der Waals surface area (Å²) in [5.41, 5.74) is 7.12. The zero-order valence-corrected chi connectivity index (χ0v) is 16.5. The molecule has 1 aliphatic rings. The van der Waals surface area contributed by atoms with Gasteiger partial charge in [-0.05, 0) is 42.2 Å². The summed E-state index contributed by atoms with van der Waals surface area (Å²) in [7, 11) is 0. The molecule has 0 radical (unpaired) electrons. The molecule has 0 bridgehead atoms. The number of rotatable bonds is 5. The molecule has 1 aliphatic heterocycles. The van der Waals surface area contributed by atoms with Gasteiger partial charge in [-0.25, -0.2) is 4.98 Å². The second-order valence-electron chi connectivity index (χ2n) is 7.38. The number of aromatic nitrogens is 3. The molecule has 0 fully saturated rings. The Morgan fingerprint density at radius 2 is 2.21 bits per heavy atom. The van der Waals surface area contributed by atoms with Gasteiger partial charge in [0.1, 0.15) is 0 Å². The number of allylic oxidation sites excluding steroid dienone is 4. The van der Waals surface area contributed by atoms with Crippen molar-refractivity contribution in [1.82, 2.24) is 20.1 Å². The van der Waals surface area contributed by atoms with Crippen LogP contribution in [0.1, 0.15) is 35.2 Å². The molecule has 0 amide bonds. The van der Waals surface area contributed by atoms with Crippen molar-refractivity contribution in [2.45, 2.75) is 32.9 Å². The topological polar surface area (TPSA) is 44.8 Å². The number of nitrogens with zero attached hydrogens (tertiary/aromatic N) is 3. The molecule has 28 heavy (non-hydrogen) atoms. The maximum Gasteiger partial charge on any atom is 0.181 e. The number of H-pyrrole nitrogens is 1. The molecule has 3 aromatic rings. The Morgan fingerprint density at radius 3 is 3.04 bits per heavy atom. The molecule has 142 valence electrons. The van der Waals surface area contributed by atoms with Crippen molar-refractivity contribution in [3.63, 3.8) is 0 Å². The quantitative estimate of drug-likeness (QED) is 0.639. The molecule has 4 heteroatoms. The molecule has 0 aliphatic carbocycles. The van der Waals surface area contributed by atoms with Crippen molar-refractivity contribution in [2.75, 3.05) is 6.54 Å². The summed E-state index contributed by atoms with van der Waals surface area (Å²) in [4.78, 5) is 7.02. The fraction of sp³-hybridized carbons (Fsp3) is 0.250. The summed E-state index contributed by atoms with van der Waals surface area (Å²) in [5.74, 6) is 0.325. The lowest BCUT2D eigenvalue weighted by Crippen LogP contribution is -2.33. The van der Waals surface area contributed by atoms with E-state index in [0.29, 0.717) is 5.92 Å². The van der Waals surface area contributed by atoms with E-state index in [1.807, 2.05) is 26.1 Å². The Morgan fingerprint density at radius 1 is 1.36 bits per heavy atom. The van der Waals surface area contributed by atoms with Crippen LogP contribution in [-0.2, 0) is 13.1 Å². The van der Waals surface area contributed by atoms with Crippen LogP contribution in [0, 0.1) is 6.92 Å². The van der Waals surface area contributed by atoms with Gasteiger partial charge in [0.25, 0.3) is 0 Å². The van der Waals surface area contributed by atoms with E-state index < -0.39 is 0 Å². The van der Waals surface area contributed by atoms with Gasteiger partial charge in [0.15, 0.2) is 5.65 Å². The number of benzene rings is 1. The Bertz CT molecular complexity index is 1060. The summed E-state index contributed by atoms with van der Waals surface area (Å²) in [6, 6.07) is 11.0. The predicted molar refractivity (Wildman–Crippen MR) is 115 cm³/mol. The van der Waals surface area contributed by atoms with Gasteiger partial charge in [-0.15, -0.1) is 0 Å². The third kappa shape index (κ3) is 3.56. The SMILES string of the molecule is C=C/C(=C\C=C/C)C1CN(Cc2cnc3n[nH]c(C)c3c2)Cc2ccccc21. The third-order valence-corrected chi connectivity index (χ3v) is 5.45. The monoisotopic (exact) mass is 370 g/mol. The lowest BCUT2D eigenvalue weighted by molar-refractivity contribution is 0.232. The number of hydrogen-bond acceptors (Lipinski definition) is 3. The van der Waals surface area contributed by atoms with Crippen LogP contribution in [0.5, 0.6) is 0 Å². The van der Waals surface area contributed by atoms with E-state index >= 15 is 0 Å². The first kappa shape index (κ1) is 18.4. The zero-order valence-electron chi connectivity index (χ0n) is 16.5. The number of hydrogen-bond donors (Lipinski definition) is 1. The number of aryl methyl sites for hydroxylation is 1. The lowest BCUT2D eigenvalue weighted by atomic mass is 9.84. The smallest absolute Gasteiger partial charge is 0.181 e. The summed E-state index contributed by atoms with van der Waals surface area (Å²) in [6.45, 7) is 10.9.